The number of para-hydroxylation sites is 1. The lowest BCUT2D eigenvalue weighted by Gasteiger charge is -2.30. The molecule has 1 fully saturated rings. The molecule has 6 heteroatoms. The first-order valence-corrected chi connectivity index (χ1v) is 9.25. The van der Waals surface area contributed by atoms with Crippen molar-refractivity contribution in [1.82, 2.24) is 19.7 Å². The molecule has 0 N–H and O–H groups in total. The highest BCUT2D eigenvalue weighted by molar-refractivity contribution is 5.97. The predicted octanol–water partition coefficient (Wildman–Crippen LogP) is 1.95. The molecular formula is C19H23N5O. The molecule has 1 saturated carbocycles. The number of hydrogen-bond acceptors (Lipinski definition) is 4. The van der Waals surface area contributed by atoms with E-state index in [1.807, 2.05) is 11.0 Å². The normalized spacial score (nSPS) is 22.8. The number of fused-ring (bicyclic) bond motifs is 2. The number of nitrogens with zero attached hydrogens (tertiary/aromatic N) is 5. The summed E-state index contributed by atoms with van der Waals surface area (Å²) in [4.78, 5) is 17.1. The van der Waals surface area contributed by atoms with E-state index >= 15 is 0 Å². The molecule has 25 heavy (non-hydrogen) atoms. The Hall–Kier alpha value is -2.21. The minimum Gasteiger partial charge on any atom is -0.312 e. The molecule has 1 aromatic carbocycles. The zero-order chi connectivity index (χ0) is 17.0. The van der Waals surface area contributed by atoms with Crippen LogP contribution in [-0.4, -0.2) is 44.7 Å². The van der Waals surface area contributed by atoms with Crippen LogP contribution in [0.25, 0.3) is 0 Å². The highest BCUT2D eigenvalue weighted by atomic mass is 16.2. The smallest absolute Gasteiger partial charge is 0.241 e. The van der Waals surface area contributed by atoms with Crippen LogP contribution in [0.1, 0.15) is 42.9 Å². The first-order valence-electron chi connectivity index (χ1n) is 9.25. The largest absolute Gasteiger partial charge is 0.312 e. The molecule has 3 aliphatic rings. The van der Waals surface area contributed by atoms with Crippen LogP contribution >= 0.6 is 0 Å². The number of carbonyl (C=O) groups is 1. The Morgan fingerprint density at radius 3 is 2.88 bits per heavy atom. The molecule has 130 valence electrons. The first kappa shape index (κ1) is 15.1. The van der Waals surface area contributed by atoms with Crippen molar-refractivity contribution in [3.8, 4) is 0 Å². The SMILES string of the molecule is C[C@H]1Cc2ccccc2N1C(=O)CN1CCn2c(nnc2C2CC2)C1. The fraction of sp³-hybridized carbons (Fsp3) is 0.526. The monoisotopic (exact) mass is 337 g/mol. The number of carbonyl (C=O) groups excluding carboxylic acids is 1. The second-order valence-corrected chi connectivity index (χ2v) is 7.56. The van der Waals surface area contributed by atoms with E-state index in [0.29, 0.717) is 12.5 Å². The fourth-order valence-corrected chi connectivity index (χ4v) is 4.22. The zero-order valence-electron chi connectivity index (χ0n) is 14.6. The second-order valence-electron chi connectivity index (χ2n) is 7.56. The van der Waals surface area contributed by atoms with Gasteiger partial charge in [-0.25, -0.2) is 0 Å². The van der Waals surface area contributed by atoms with E-state index in [1.54, 1.807) is 0 Å². The van der Waals surface area contributed by atoms with E-state index in [-0.39, 0.29) is 11.9 Å². The van der Waals surface area contributed by atoms with Gasteiger partial charge in [0.25, 0.3) is 0 Å². The highest BCUT2D eigenvalue weighted by Crippen LogP contribution is 2.39. The summed E-state index contributed by atoms with van der Waals surface area (Å²) in [5.74, 6) is 2.98. The average molecular weight is 337 g/mol. The van der Waals surface area contributed by atoms with Crippen LogP contribution in [0, 0.1) is 0 Å². The van der Waals surface area contributed by atoms with E-state index in [2.05, 4.69) is 44.8 Å². The number of aromatic nitrogens is 3. The summed E-state index contributed by atoms with van der Waals surface area (Å²) < 4.78 is 2.27. The Morgan fingerprint density at radius 2 is 2.04 bits per heavy atom. The van der Waals surface area contributed by atoms with Crippen molar-refractivity contribution in [3.63, 3.8) is 0 Å². The molecule has 3 heterocycles. The van der Waals surface area contributed by atoms with E-state index in [1.165, 1.54) is 18.4 Å². The minimum absolute atomic E-state index is 0.188. The summed E-state index contributed by atoms with van der Waals surface area (Å²) in [6.07, 6.45) is 3.43. The van der Waals surface area contributed by atoms with Crippen LogP contribution in [0.15, 0.2) is 24.3 Å². The van der Waals surface area contributed by atoms with Crippen molar-refractivity contribution in [2.24, 2.45) is 0 Å². The molecule has 0 saturated heterocycles. The fourth-order valence-electron chi connectivity index (χ4n) is 4.22. The third kappa shape index (κ3) is 2.56. The molecule has 6 nitrogen and oxygen atoms in total. The van der Waals surface area contributed by atoms with E-state index < -0.39 is 0 Å². The van der Waals surface area contributed by atoms with Gasteiger partial charge < -0.3 is 9.47 Å². The third-order valence-corrected chi connectivity index (χ3v) is 5.64. The lowest BCUT2D eigenvalue weighted by molar-refractivity contribution is -0.120. The standard InChI is InChI=1S/C19H23N5O/c1-13-10-15-4-2-3-5-16(15)24(13)18(25)12-22-8-9-23-17(11-22)20-21-19(23)14-6-7-14/h2-5,13-14H,6-12H2,1H3/t13-/m0/s1. The van der Waals surface area contributed by atoms with Crippen molar-refractivity contribution in [2.45, 2.75) is 51.2 Å². The topological polar surface area (TPSA) is 54.3 Å². The Kier molecular flexibility index (Phi) is 3.41. The number of benzene rings is 1. The van der Waals surface area contributed by atoms with Crippen molar-refractivity contribution < 1.29 is 4.79 Å². The van der Waals surface area contributed by atoms with Gasteiger partial charge in [0, 0.05) is 30.7 Å². The molecule has 1 amide bonds. The highest BCUT2D eigenvalue weighted by Gasteiger charge is 2.34. The summed E-state index contributed by atoms with van der Waals surface area (Å²) in [5.41, 5.74) is 2.35. The summed E-state index contributed by atoms with van der Waals surface area (Å²) in [6.45, 7) is 5.08. The maximum atomic E-state index is 13.0. The second kappa shape index (κ2) is 5.66. The van der Waals surface area contributed by atoms with Gasteiger partial charge in [0.15, 0.2) is 0 Å². The van der Waals surface area contributed by atoms with Crippen LogP contribution in [0.2, 0.25) is 0 Å². The maximum Gasteiger partial charge on any atom is 0.241 e. The van der Waals surface area contributed by atoms with Gasteiger partial charge >= 0.3 is 0 Å². The van der Waals surface area contributed by atoms with Crippen LogP contribution < -0.4 is 4.90 Å². The Morgan fingerprint density at radius 1 is 1.20 bits per heavy atom. The van der Waals surface area contributed by atoms with Crippen molar-refractivity contribution >= 4 is 11.6 Å². The molecule has 1 aromatic heterocycles. The Bertz CT molecular complexity index is 825. The quantitative estimate of drug-likeness (QED) is 0.859. The van der Waals surface area contributed by atoms with Crippen LogP contribution in [0.5, 0.6) is 0 Å². The van der Waals surface area contributed by atoms with Gasteiger partial charge in [-0.05, 0) is 37.8 Å². The molecule has 1 atom stereocenters. The van der Waals surface area contributed by atoms with Crippen LogP contribution in [-0.2, 0) is 24.3 Å². The molecule has 2 aromatic rings. The molecule has 1 aliphatic carbocycles. The maximum absolute atomic E-state index is 13.0. The molecular weight excluding hydrogens is 314 g/mol. The number of rotatable bonds is 3. The Balaban J connectivity index is 1.30. The average Bonchev–Trinajstić information content (AvgIpc) is 3.26. The number of amides is 1. The lowest BCUT2D eigenvalue weighted by atomic mass is 10.1. The molecule has 0 spiro atoms. The summed E-state index contributed by atoms with van der Waals surface area (Å²) in [6, 6.07) is 8.49. The lowest BCUT2D eigenvalue weighted by Crippen LogP contribution is -2.45. The molecule has 5 rings (SSSR count). The van der Waals surface area contributed by atoms with E-state index in [4.69, 9.17) is 0 Å². The predicted molar refractivity (Wildman–Crippen MR) is 94.4 cm³/mol. The van der Waals surface area contributed by atoms with Crippen molar-refractivity contribution in [1.29, 1.82) is 0 Å². The van der Waals surface area contributed by atoms with Gasteiger partial charge in [-0.1, -0.05) is 18.2 Å². The van der Waals surface area contributed by atoms with Crippen LogP contribution in [0.4, 0.5) is 5.69 Å². The van der Waals surface area contributed by atoms with Gasteiger partial charge in [0.2, 0.25) is 5.91 Å². The van der Waals surface area contributed by atoms with Crippen molar-refractivity contribution in [2.75, 3.05) is 18.0 Å². The Labute approximate surface area is 147 Å². The number of hydrogen-bond donors (Lipinski definition) is 0. The van der Waals surface area contributed by atoms with Gasteiger partial charge in [0.05, 0.1) is 13.1 Å². The first-order chi connectivity index (χ1) is 12.2. The van der Waals surface area contributed by atoms with E-state index in [9.17, 15) is 4.79 Å². The zero-order valence-corrected chi connectivity index (χ0v) is 14.6. The van der Waals surface area contributed by atoms with Crippen molar-refractivity contribution in [3.05, 3.63) is 41.5 Å². The van der Waals surface area contributed by atoms with E-state index in [0.717, 1.165) is 43.4 Å². The molecule has 2 aliphatic heterocycles. The van der Waals surface area contributed by atoms with Gasteiger partial charge in [-0.2, -0.15) is 0 Å². The molecule has 0 radical (unpaired) electrons. The summed E-state index contributed by atoms with van der Waals surface area (Å²) in [7, 11) is 0. The van der Waals surface area contributed by atoms with Gasteiger partial charge in [0.1, 0.15) is 11.6 Å². The number of anilines is 1. The van der Waals surface area contributed by atoms with Gasteiger partial charge in [-0.3, -0.25) is 9.69 Å². The minimum atomic E-state index is 0.188. The van der Waals surface area contributed by atoms with Gasteiger partial charge in [-0.15, -0.1) is 10.2 Å². The molecule has 0 bridgehead atoms. The van der Waals surface area contributed by atoms with Crippen LogP contribution in [0.3, 0.4) is 0 Å². The molecule has 0 unspecified atom stereocenters. The summed E-state index contributed by atoms with van der Waals surface area (Å²) >= 11 is 0. The summed E-state index contributed by atoms with van der Waals surface area (Å²) in [5, 5.41) is 8.75. The third-order valence-electron chi connectivity index (χ3n) is 5.64.